The minimum Gasteiger partial charge on any atom is -0.481 e. The van der Waals surface area contributed by atoms with Crippen molar-refractivity contribution in [1.82, 2.24) is 9.88 Å². The summed E-state index contributed by atoms with van der Waals surface area (Å²) in [6, 6.07) is -0.328. The zero-order valence-corrected chi connectivity index (χ0v) is 12.5. The van der Waals surface area contributed by atoms with Gasteiger partial charge in [-0.2, -0.15) is 0 Å². The van der Waals surface area contributed by atoms with Crippen LogP contribution >= 0.6 is 11.3 Å². The molecule has 0 saturated carbocycles. The van der Waals surface area contributed by atoms with E-state index >= 15 is 0 Å². The smallest absolute Gasteiger partial charge is 0.307 e. The topological polar surface area (TPSA) is 88.4 Å². The summed E-state index contributed by atoms with van der Waals surface area (Å²) in [7, 11) is 0. The van der Waals surface area contributed by atoms with E-state index in [1.165, 1.54) is 0 Å². The number of nitrogens with zero attached hydrogens (tertiary/aromatic N) is 1. The highest BCUT2D eigenvalue weighted by molar-refractivity contribution is 7.07. The van der Waals surface area contributed by atoms with Crippen LogP contribution < -0.4 is 10.2 Å². The van der Waals surface area contributed by atoms with Gasteiger partial charge in [0.2, 0.25) is 5.91 Å². The highest BCUT2D eigenvalue weighted by Crippen LogP contribution is 2.03. The van der Waals surface area contributed by atoms with Crippen LogP contribution in [-0.4, -0.2) is 27.6 Å². The summed E-state index contributed by atoms with van der Waals surface area (Å²) in [5.41, 5.74) is 0.901. The standard InChI is InChI=1S/C13H20N2O4S/c1-3-10(7-12(17)18)14-11(16)5-4-6-15-9(2)8-20-13(15)19/h8,10H,3-7H2,1-2H3,(H,14,16)(H,17,18). The minimum absolute atomic E-state index is 0.0137. The van der Waals surface area contributed by atoms with Crippen LogP contribution in [0.2, 0.25) is 0 Å². The van der Waals surface area contributed by atoms with Crippen molar-refractivity contribution in [2.24, 2.45) is 0 Å². The Balaban J connectivity index is 2.36. The number of carbonyl (C=O) groups is 2. The van der Waals surface area contributed by atoms with Crippen LogP contribution in [0.15, 0.2) is 10.2 Å². The zero-order chi connectivity index (χ0) is 15.1. The molecule has 1 rings (SSSR count). The SMILES string of the molecule is CCC(CC(=O)O)NC(=O)CCCn1c(C)csc1=O. The first kappa shape index (κ1) is 16.4. The molecule has 0 radical (unpaired) electrons. The van der Waals surface area contributed by atoms with Gasteiger partial charge in [-0.15, -0.1) is 0 Å². The third-order valence-corrected chi connectivity index (χ3v) is 3.92. The molecule has 1 aromatic rings. The van der Waals surface area contributed by atoms with E-state index in [1.807, 2.05) is 13.8 Å². The van der Waals surface area contributed by atoms with Gasteiger partial charge in [0, 0.05) is 30.1 Å². The quantitative estimate of drug-likeness (QED) is 0.759. The Morgan fingerprint density at radius 3 is 2.70 bits per heavy atom. The summed E-state index contributed by atoms with van der Waals surface area (Å²) in [5.74, 6) is -1.09. The molecule has 1 amide bonds. The molecule has 0 spiro atoms. The molecule has 6 nitrogen and oxygen atoms in total. The van der Waals surface area contributed by atoms with Crippen molar-refractivity contribution in [1.29, 1.82) is 0 Å². The third kappa shape index (κ3) is 5.16. The molecule has 0 aromatic carbocycles. The molecule has 112 valence electrons. The Morgan fingerprint density at radius 1 is 1.50 bits per heavy atom. The predicted octanol–water partition coefficient (Wildman–Crippen LogP) is 1.37. The molecule has 2 N–H and O–H groups in total. The molecule has 0 saturated heterocycles. The summed E-state index contributed by atoms with van der Waals surface area (Å²) in [5, 5.41) is 13.2. The zero-order valence-electron chi connectivity index (χ0n) is 11.7. The fraction of sp³-hybridized carbons (Fsp3) is 0.615. The van der Waals surface area contributed by atoms with Gasteiger partial charge in [-0.3, -0.25) is 14.4 Å². The van der Waals surface area contributed by atoms with Gasteiger partial charge in [0.25, 0.3) is 0 Å². The normalized spacial score (nSPS) is 12.1. The number of hydrogen-bond donors (Lipinski definition) is 2. The van der Waals surface area contributed by atoms with Gasteiger partial charge in [-0.25, -0.2) is 0 Å². The van der Waals surface area contributed by atoms with Gasteiger partial charge in [0.15, 0.2) is 0 Å². The summed E-state index contributed by atoms with van der Waals surface area (Å²) >= 11 is 1.15. The lowest BCUT2D eigenvalue weighted by molar-refractivity contribution is -0.137. The minimum atomic E-state index is -0.919. The number of aromatic nitrogens is 1. The highest BCUT2D eigenvalue weighted by atomic mass is 32.1. The maximum Gasteiger partial charge on any atom is 0.307 e. The van der Waals surface area contributed by atoms with Crippen molar-refractivity contribution >= 4 is 23.2 Å². The molecule has 20 heavy (non-hydrogen) atoms. The second kappa shape index (κ2) is 7.84. The molecule has 0 aliphatic carbocycles. The first-order chi connectivity index (χ1) is 9.43. The van der Waals surface area contributed by atoms with Crippen molar-refractivity contribution in [3.8, 4) is 0 Å². The fourth-order valence-electron chi connectivity index (χ4n) is 1.88. The van der Waals surface area contributed by atoms with Crippen LogP contribution in [0.4, 0.5) is 0 Å². The maximum atomic E-state index is 11.7. The molecular formula is C13H20N2O4S. The van der Waals surface area contributed by atoms with Gasteiger partial charge >= 0.3 is 10.8 Å². The van der Waals surface area contributed by atoms with Crippen LogP contribution in [0.1, 0.15) is 38.3 Å². The van der Waals surface area contributed by atoms with Crippen LogP contribution in [0.3, 0.4) is 0 Å². The van der Waals surface area contributed by atoms with E-state index in [-0.39, 0.29) is 29.7 Å². The Morgan fingerprint density at radius 2 is 2.20 bits per heavy atom. The molecule has 7 heteroatoms. The number of aryl methyl sites for hydroxylation is 1. The molecule has 0 bridgehead atoms. The molecule has 1 heterocycles. The van der Waals surface area contributed by atoms with Crippen LogP contribution in [0, 0.1) is 6.92 Å². The first-order valence-electron chi connectivity index (χ1n) is 6.60. The van der Waals surface area contributed by atoms with Crippen molar-refractivity contribution in [3.05, 3.63) is 20.7 Å². The van der Waals surface area contributed by atoms with Crippen LogP contribution in [-0.2, 0) is 16.1 Å². The monoisotopic (exact) mass is 300 g/mol. The lowest BCUT2D eigenvalue weighted by Crippen LogP contribution is -2.36. The lowest BCUT2D eigenvalue weighted by Gasteiger charge is -2.14. The Hall–Kier alpha value is -1.63. The second-order valence-corrected chi connectivity index (χ2v) is 5.49. The van der Waals surface area contributed by atoms with E-state index in [0.717, 1.165) is 17.0 Å². The van der Waals surface area contributed by atoms with Gasteiger partial charge in [0.05, 0.1) is 6.42 Å². The number of nitrogens with one attached hydrogen (secondary N) is 1. The van der Waals surface area contributed by atoms with Gasteiger partial charge < -0.3 is 15.0 Å². The molecule has 1 atom stereocenters. The predicted molar refractivity (Wildman–Crippen MR) is 77.0 cm³/mol. The number of aliphatic carboxylic acids is 1. The number of carbonyl (C=O) groups excluding carboxylic acids is 1. The number of rotatable bonds is 8. The number of amides is 1. The van der Waals surface area contributed by atoms with Crippen molar-refractivity contribution in [2.45, 2.75) is 52.1 Å². The lowest BCUT2D eigenvalue weighted by atomic mass is 10.1. The molecule has 1 unspecified atom stereocenters. The Labute approximate surface area is 121 Å². The van der Waals surface area contributed by atoms with Gasteiger partial charge in [-0.05, 0) is 19.8 Å². The van der Waals surface area contributed by atoms with Crippen molar-refractivity contribution in [3.63, 3.8) is 0 Å². The van der Waals surface area contributed by atoms with Crippen LogP contribution in [0.25, 0.3) is 0 Å². The third-order valence-electron chi connectivity index (χ3n) is 3.04. The van der Waals surface area contributed by atoms with Gasteiger partial charge in [0.1, 0.15) is 0 Å². The number of carboxylic acid groups (broad SMARTS) is 1. The van der Waals surface area contributed by atoms with Crippen molar-refractivity contribution < 1.29 is 14.7 Å². The number of carboxylic acids is 1. The molecule has 0 aliphatic rings. The van der Waals surface area contributed by atoms with Gasteiger partial charge in [-0.1, -0.05) is 18.3 Å². The molecule has 1 aromatic heterocycles. The van der Waals surface area contributed by atoms with E-state index in [9.17, 15) is 14.4 Å². The largest absolute Gasteiger partial charge is 0.481 e. The van der Waals surface area contributed by atoms with E-state index in [4.69, 9.17) is 5.11 Å². The second-order valence-electron chi connectivity index (χ2n) is 4.67. The highest BCUT2D eigenvalue weighted by Gasteiger charge is 2.13. The molecule has 0 aliphatic heterocycles. The average Bonchev–Trinajstić information content (AvgIpc) is 2.69. The Bertz CT molecular complexity index is 521. The van der Waals surface area contributed by atoms with E-state index in [0.29, 0.717) is 19.4 Å². The van der Waals surface area contributed by atoms with Crippen LogP contribution in [0.5, 0.6) is 0 Å². The summed E-state index contributed by atoms with van der Waals surface area (Å²) in [6.45, 7) is 4.21. The van der Waals surface area contributed by atoms with E-state index in [2.05, 4.69) is 5.32 Å². The van der Waals surface area contributed by atoms with Crippen molar-refractivity contribution in [2.75, 3.05) is 0 Å². The summed E-state index contributed by atoms with van der Waals surface area (Å²) in [4.78, 5) is 33.8. The molecular weight excluding hydrogens is 280 g/mol. The maximum absolute atomic E-state index is 11.7. The number of thiazole rings is 1. The first-order valence-corrected chi connectivity index (χ1v) is 7.48. The summed E-state index contributed by atoms with van der Waals surface area (Å²) < 4.78 is 1.65. The van der Waals surface area contributed by atoms with E-state index < -0.39 is 5.97 Å². The summed E-state index contributed by atoms with van der Waals surface area (Å²) in [6.07, 6.45) is 1.37. The fourth-order valence-corrected chi connectivity index (χ4v) is 2.64. The molecule has 0 fully saturated rings. The average molecular weight is 300 g/mol. The van der Waals surface area contributed by atoms with E-state index in [1.54, 1.807) is 9.95 Å². The Kier molecular flexibility index (Phi) is 6.44. The number of hydrogen-bond acceptors (Lipinski definition) is 4.